The van der Waals surface area contributed by atoms with Crippen LogP contribution in [0.3, 0.4) is 0 Å². The largest absolute Gasteiger partial charge is 0.397 e. The number of hydrogen-bond donors (Lipinski definition) is 3. The maximum atomic E-state index is 13.4. The Kier molecular flexibility index (Phi) is 7.57. The molecule has 0 radical (unpaired) electrons. The third-order valence-electron chi connectivity index (χ3n) is 5.85. The van der Waals surface area contributed by atoms with E-state index in [4.69, 9.17) is 5.73 Å². The predicted molar refractivity (Wildman–Crippen MR) is 141 cm³/mol. The molecule has 0 aliphatic heterocycles. The lowest BCUT2D eigenvalue weighted by atomic mass is 10.1. The van der Waals surface area contributed by atoms with E-state index in [0.717, 1.165) is 12.1 Å². The Morgan fingerprint density at radius 3 is 2.37 bits per heavy atom. The number of pyridine rings is 1. The van der Waals surface area contributed by atoms with E-state index in [1.54, 1.807) is 29.2 Å². The Morgan fingerprint density at radius 2 is 1.57 bits per heavy atom. The van der Waals surface area contributed by atoms with Crippen molar-refractivity contribution < 1.29 is 9.59 Å². The molecule has 7 heteroatoms. The highest BCUT2D eigenvalue weighted by molar-refractivity contribution is 6.07. The highest BCUT2D eigenvalue weighted by atomic mass is 16.2. The molecule has 0 aliphatic rings. The molecule has 0 atom stereocenters. The predicted octanol–water partition coefficient (Wildman–Crippen LogP) is 4.96. The summed E-state index contributed by atoms with van der Waals surface area (Å²) in [4.78, 5) is 43.4. The van der Waals surface area contributed by atoms with E-state index in [0.29, 0.717) is 48.1 Å². The number of nitrogens with one attached hydrogen (secondary N) is 2. The van der Waals surface area contributed by atoms with E-state index in [9.17, 15) is 14.4 Å². The maximum Gasteiger partial charge on any atom is 0.263 e. The number of para-hydroxylation sites is 4. The van der Waals surface area contributed by atoms with E-state index < -0.39 is 0 Å². The van der Waals surface area contributed by atoms with Crippen LogP contribution >= 0.6 is 0 Å². The molecule has 1 aromatic heterocycles. The first-order valence-electron chi connectivity index (χ1n) is 11.7. The summed E-state index contributed by atoms with van der Waals surface area (Å²) in [6, 6.07) is 23.6. The molecule has 0 saturated heterocycles. The molecule has 0 aliphatic carbocycles. The van der Waals surface area contributed by atoms with Gasteiger partial charge in [0.1, 0.15) is 5.56 Å². The van der Waals surface area contributed by atoms with E-state index in [-0.39, 0.29) is 22.8 Å². The van der Waals surface area contributed by atoms with Crippen LogP contribution in [0.4, 0.5) is 17.1 Å². The third-order valence-corrected chi connectivity index (χ3v) is 5.85. The molecular weight excluding hydrogens is 440 g/mol. The second-order valence-corrected chi connectivity index (χ2v) is 8.32. The Morgan fingerprint density at radius 1 is 0.857 bits per heavy atom. The van der Waals surface area contributed by atoms with Crippen molar-refractivity contribution >= 4 is 39.8 Å². The quantitative estimate of drug-likeness (QED) is 0.238. The lowest BCUT2D eigenvalue weighted by Gasteiger charge is -2.23. The van der Waals surface area contributed by atoms with Crippen LogP contribution < -0.4 is 21.4 Å². The number of hydrogen-bond acceptors (Lipinski definition) is 4. The molecule has 3 aromatic carbocycles. The summed E-state index contributed by atoms with van der Waals surface area (Å²) in [6.07, 6.45) is 3.96. The van der Waals surface area contributed by atoms with Crippen LogP contribution in [0.5, 0.6) is 0 Å². The summed E-state index contributed by atoms with van der Waals surface area (Å²) in [6.45, 7) is 0.433. The first-order valence-corrected chi connectivity index (χ1v) is 11.7. The van der Waals surface area contributed by atoms with Gasteiger partial charge in [-0.25, -0.2) is 0 Å². The highest BCUT2D eigenvalue weighted by Gasteiger charge is 2.21. The number of anilines is 3. The molecule has 0 saturated carbocycles. The minimum atomic E-state index is -0.347. The SMILES string of the molecule is Nc1ccccc1NC(=O)CCCCCN(C(=O)c1c[nH]c2ccccc2c1=O)c1ccccc1. The van der Waals surface area contributed by atoms with Crippen molar-refractivity contribution in [3.63, 3.8) is 0 Å². The summed E-state index contributed by atoms with van der Waals surface area (Å²) >= 11 is 0. The van der Waals surface area contributed by atoms with Crippen LogP contribution in [0.25, 0.3) is 10.9 Å². The lowest BCUT2D eigenvalue weighted by molar-refractivity contribution is -0.116. The van der Waals surface area contributed by atoms with Gasteiger partial charge in [-0.3, -0.25) is 14.4 Å². The van der Waals surface area contributed by atoms with Crippen LogP contribution in [0.15, 0.2) is 89.9 Å². The van der Waals surface area contributed by atoms with Crippen molar-refractivity contribution in [2.45, 2.75) is 25.7 Å². The minimum Gasteiger partial charge on any atom is -0.397 e. The van der Waals surface area contributed by atoms with Gasteiger partial charge in [0.2, 0.25) is 11.3 Å². The fourth-order valence-electron chi connectivity index (χ4n) is 3.98. The zero-order valence-electron chi connectivity index (χ0n) is 19.4. The molecule has 0 unspecified atom stereocenters. The van der Waals surface area contributed by atoms with Gasteiger partial charge in [-0.2, -0.15) is 0 Å². The van der Waals surface area contributed by atoms with Crippen LogP contribution in [0.2, 0.25) is 0 Å². The van der Waals surface area contributed by atoms with Gasteiger partial charge < -0.3 is 20.9 Å². The zero-order valence-corrected chi connectivity index (χ0v) is 19.4. The van der Waals surface area contributed by atoms with Crippen molar-refractivity contribution in [1.82, 2.24) is 4.98 Å². The number of unbranched alkanes of at least 4 members (excludes halogenated alkanes) is 2. The van der Waals surface area contributed by atoms with Gasteiger partial charge in [-0.15, -0.1) is 0 Å². The van der Waals surface area contributed by atoms with Gasteiger partial charge in [0.25, 0.3) is 5.91 Å². The molecule has 4 rings (SSSR count). The maximum absolute atomic E-state index is 13.4. The van der Waals surface area contributed by atoms with Crippen molar-refractivity contribution in [3.8, 4) is 0 Å². The van der Waals surface area contributed by atoms with Crippen molar-refractivity contribution in [1.29, 1.82) is 0 Å². The van der Waals surface area contributed by atoms with E-state index in [2.05, 4.69) is 10.3 Å². The van der Waals surface area contributed by atoms with Crippen molar-refractivity contribution in [3.05, 3.63) is 101 Å². The number of rotatable bonds is 9. The topological polar surface area (TPSA) is 108 Å². The normalized spacial score (nSPS) is 10.7. The average molecular weight is 469 g/mol. The summed E-state index contributed by atoms with van der Waals surface area (Å²) in [5.41, 5.74) is 8.24. The Bertz CT molecular complexity index is 1380. The first kappa shape index (κ1) is 23.8. The van der Waals surface area contributed by atoms with Gasteiger partial charge in [-0.05, 0) is 49.2 Å². The molecule has 4 N–H and O–H groups in total. The lowest BCUT2D eigenvalue weighted by Crippen LogP contribution is -2.35. The van der Waals surface area contributed by atoms with Crippen molar-refractivity contribution in [2.75, 3.05) is 22.5 Å². The molecule has 0 bridgehead atoms. The molecule has 0 fully saturated rings. The van der Waals surface area contributed by atoms with Gasteiger partial charge in [0.05, 0.1) is 11.4 Å². The van der Waals surface area contributed by atoms with Gasteiger partial charge in [0.15, 0.2) is 0 Å². The Hall–Kier alpha value is -4.39. The molecule has 178 valence electrons. The van der Waals surface area contributed by atoms with E-state index in [1.165, 1.54) is 6.20 Å². The number of nitrogens with zero attached hydrogens (tertiary/aromatic N) is 1. The van der Waals surface area contributed by atoms with Gasteiger partial charge in [-0.1, -0.05) is 48.9 Å². The number of aromatic amines is 1. The Balaban J connectivity index is 1.40. The number of aromatic nitrogens is 1. The average Bonchev–Trinajstić information content (AvgIpc) is 2.88. The Labute approximate surface area is 203 Å². The third kappa shape index (κ3) is 5.76. The van der Waals surface area contributed by atoms with Crippen LogP contribution in [-0.2, 0) is 4.79 Å². The van der Waals surface area contributed by atoms with Gasteiger partial charge in [0, 0.05) is 35.8 Å². The number of carbonyl (C=O) groups is 2. The summed E-state index contributed by atoms with van der Waals surface area (Å²) in [5, 5.41) is 3.31. The number of fused-ring (bicyclic) bond motifs is 1. The number of nitrogen functional groups attached to an aromatic ring is 1. The molecule has 0 spiro atoms. The number of carbonyl (C=O) groups excluding carboxylic acids is 2. The number of amides is 2. The second-order valence-electron chi connectivity index (χ2n) is 8.32. The van der Waals surface area contributed by atoms with Gasteiger partial charge >= 0.3 is 0 Å². The number of nitrogens with two attached hydrogens (primary N) is 1. The van der Waals surface area contributed by atoms with E-state index >= 15 is 0 Å². The molecule has 7 nitrogen and oxygen atoms in total. The van der Waals surface area contributed by atoms with E-state index in [1.807, 2.05) is 54.6 Å². The smallest absolute Gasteiger partial charge is 0.263 e. The monoisotopic (exact) mass is 468 g/mol. The summed E-state index contributed by atoms with van der Waals surface area (Å²) in [7, 11) is 0. The molecule has 2 amide bonds. The standard InChI is InChI=1S/C28H28N4O3/c29-23-14-7-9-16-25(23)31-26(33)17-5-2-10-18-32(20-11-3-1-4-12-20)28(35)22-19-30-24-15-8-6-13-21(24)27(22)34/h1,3-4,6-9,11-16,19H,2,5,10,17-18,29H2,(H,30,34)(H,31,33). The second kappa shape index (κ2) is 11.2. The van der Waals surface area contributed by atoms with Crippen LogP contribution in [0.1, 0.15) is 36.0 Å². The molecular formula is C28H28N4O3. The fraction of sp³-hybridized carbons (Fsp3) is 0.179. The van der Waals surface area contributed by atoms with Crippen LogP contribution in [0, 0.1) is 0 Å². The highest BCUT2D eigenvalue weighted by Crippen LogP contribution is 2.19. The summed E-state index contributed by atoms with van der Waals surface area (Å²) < 4.78 is 0. The van der Waals surface area contributed by atoms with Crippen LogP contribution in [-0.4, -0.2) is 23.3 Å². The molecule has 1 heterocycles. The molecule has 4 aromatic rings. The minimum absolute atomic E-state index is 0.0958. The fourth-order valence-corrected chi connectivity index (χ4v) is 3.98. The molecule has 35 heavy (non-hydrogen) atoms. The number of H-pyrrole nitrogens is 1. The first-order chi connectivity index (χ1) is 17.0. The zero-order chi connectivity index (χ0) is 24.6. The number of benzene rings is 3. The van der Waals surface area contributed by atoms with Crippen molar-refractivity contribution in [2.24, 2.45) is 0 Å². The summed E-state index contributed by atoms with van der Waals surface area (Å²) in [5.74, 6) is -0.443.